The first-order valence-corrected chi connectivity index (χ1v) is 7.57. The van der Waals surface area contributed by atoms with E-state index in [0.29, 0.717) is 13.0 Å². The van der Waals surface area contributed by atoms with Gasteiger partial charge in [0.25, 0.3) is 0 Å². The van der Waals surface area contributed by atoms with E-state index in [1.54, 1.807) is 0 Å². The van der Waals surface area contributed by atoms with Crippen molar-refractivity contribution in [3.63, 3.8) is 0 Å². The summed E-state index contributed by atoms with van der Waals surface area (Å²) in [4.78, 5) is 15.0. The fraction of sp³-hybridized carbons (Fsp3) is 0.118. The van der Waals surface area contributed by atoms with Gasteiger partial charge < -0.3 is 15.6 Å². The minimum Gasteiger partial charge on any atom is -0.361 e. The number of carbonyl (C=O) groups excluding carboxylic acids is 1. The molecule has 3 aromatic rings. The van der Waals surface area contributed by atoms with E-state index >= 15 is 0 Å². The smallest absolute Gasteiger partial charge is 0.319 e. The number of H-pyrrole nitrogens is 1. The maximum absolute atomic E-state index is 13.6. The molecule has 2 aromatic carbocycles. The molecule has 3 rings (SSSR count). The second-order valence-corrected chi connectivity index (χ2v) is 5.49. The Bertz CT molecular complexity index is 826. The zero-order valence-electron chi connectivity index (χ0n) is 12.2. The normalized spacial score (nSPS) is 10.7. The average Bonchev–Trinajstić information content (AvgIpc) is 2.95. The molecule has 0 atom stereocenters. The first kappa shape index (κ1) is 15.4. The summed E-state index contributed by atoms with van der Waals surface area (Å²) >= 11 is 5.87. The summed E-state index contributed by atoms with van der Waals surface area (Å²) in [6.45, 7) is 0.430. The lowest BCUT2D eigenvalue weighted by molar-refractivity contribution is 0.252. The Morgan fingerprint density at radius 3 is 2.83 bits per heavy atom. The molecule has 0 saturated heterocycles. The predicted octanol–water partition coefficient (Wildman–Crippen LogP) is 4.32. The van der Waals surface area contributed by atoms with Crippen molar-refractivity contribution in [3.05, 3.63) is 65.1 Å². The van der Waals surface area contributed by atoms with Crippen LogP contribution in [0.5, 0.6) is 0 Å². The number of aromatic nitrogens is 1. The minimum atomic E-state index is -0.565. The average molecular weight is 332 g/mol. The number of aromatic amines is 1. The molecule has 0 aliphatic carbocycles. The lowest BCUT2D eigenvalue weighted by atomic mass is 10.1. The van der Waals surface area contributed by atoms with Crippen LogP contribution in [0.1, 0.15) is 5.56 Å². The van der Waals surface area contributed by atoms with Crippen molar-refractivity contribution in [2.24, 2.45) is 0 Å². The number of hydrogen-bond donors (Lipinski definition) is 3. The maximum Gasteiger partial charge on any atom is 0.319 e. The Labute approximate surface area is 137 Å². The molecule has 6 heteroatoms. The van der Waals surface area contributed by atoms with Gasteiger partial charge in [0.15, 0.2) is 0 Å². The molecule has 1 heterocycles. The van der Waals surface area contributed by atoms with Crippen LogP contribution in [0.2, 0.25) is 5.02 Å². The molecule has 0 bridgehead atoms. The predicted molar refractivity (Wildman–Crippen MR) is 90.4 cm³/mol. The summed E-state index contributed by atoms with van der Waals surface area (Å²) in [5.74, 6) is -0.565. The molecule has 0 radical (unpaired) electrons. The monoisotopic (exact) mass is 331 g/mol. The van der Waals surface area contributed by atoms with Gasteiger partial charge in [0, 0.05) is 23.6 Å². The SMILES string of the molecule is O=C(NCCc1c[nH]c2ccccc12)Nc1c(F)cccc1Cl. The van der Waals surface area contributed by atoms with Gasteiger partial charge in [0.05, 0.1) is 10.7 Å². The second-order valence-electron chi connectivity index (χ2n) is 5.09. The molecule has 0 fully saturated rings. The Hall–Kier alpha value is -2.53. The zero-order chi connectivity index (χ0) is 16.2. The van der Waals surface area contributed by atoms with Crippen molar-refractivity contribution >= 4 is 34.2 Å². The van der Waals surface area contributed by atoms with E-state index in [-0.39, 0.29) is 10.7 Å². The van der Waals surface area contributed by atoms with Crippen molar-refractivity contribution in [1.29, 1.82) is 0 Å². The van der Waals surface area contributed by atoms with E-state index in [1.165, 1.54) is 18.2 Å². The second kappa shape index (κ2) is 6.71. The molecular formula is C17H15ClFN3O. The summed E-state index contributed by atoms with van der Waals surface area (Å²) in [7, 11) is 0. The topological polar surface area (TPSA) is 56.9 Å². The van der Waals surface area contributed by atoms with Gasteiger partial charge in [-0.05, 0) is 30.2 Å². The molecule has 4 nitrogen and oxygen atoms in total. The number of urea groups is 1. The molecule has 1 aromatic heterocycles. The summed E-state index contributed by atoms with van der Waals surface area (Å²) in [5.41, 5.74) is 2.16. The van der Waals surface area contributed by atoms with Crippen LogP contribution in [0.4, 0.5) is 14.9 Å². The summed E-state index contributed by atoms with van der Waals surface area (Å²) in [6, 6.07) is 11.7. The number of para-hydroxylation sites is 2. The summed E-state index contributed by atoms with van der Waals surface area (Å²) in [5, 5.41) is 6.43. The van der Waals surface area contributed by atoms with E-state index in [2.05, 4.69) is 15.6 Å². The number of halogens is 2. The third-order valence-electron chi connectivity index (χ3n) is 3.56. The highest BCUT2D eigenvalue weighted by Crippen LogP contribution is 2.24. The first-order chi connectivity index (χ1) is 11.1. The largest absolute Gasteiger partial charge is 0.361 e. The lowest BCUT2D eigenvalue weighted by Gasteiger charge is -2.09. The van der Waals surface area contributed by atoms with Gasteiger partial charge in [-0.3, -0.25) is 0 Å². The lowest BCUT2D eigenvalue weighted by Crippen LogP contribution is -2.30. The highest BCUT2D eigenvalue weighted by Gasteiger charge is 2.10. The van der Waals surface area contributed by atoms with Crippen molar-refractivity contribution < 1.29 is 9.18 Å². The van der Waals surface area contributed by atoms with Crippen LogP contribution in [0, 0.1) is 5.82 Å². The zero-order valence-corrected chi connectivity index (χ0v) is 13.0. The van der Waals surface area contributed by atoms with E-state index in [4.69, 9.17) is 11.6 Å². The van der Waals surface area contributed by atoms with Gasteiger partial charge in [-0.25, -0.2) is 9.18 Å². The Morgan fingerprint density at radius 2 is 2.00 bits per heavy atom. The van der Waals surface area contributed by atoms with Crippen LogP contribution in [0.25, 0.3) is 10.9 Å². The molecule has 0 aliphatic rings. The molecule has 3 N–H and O–H groups in total. The quantitative estimate of drug-likeness (QED) is 0.655. The van der Waals surface area contributed by atoms with Gasteiger partial charge in [0.1, 0.15) is 5.82 Å². The van der Waals surface area contributed by atoms with Crippen LogP contribution < -0.4 is 10.6 Å². The van der Waals surface area contributed by atoms with Crippen LogP contribution in [-0.2, 0) is 6.42 Å². The van der Waals surface area contributed by atoms with Crippen LogP contribution in [0.15, 0.2) is 48.7 Å². The molecule has 23 heavy (non-hydrogen) atoms. The number of fused-ring (bicyclic) bond motifs is 1. The van der Waals surface area contributed by atoms with Crippen LogP contribution in [-0.4, -0.2) is 17.6 Å². The number of anilines is 1. The third-order valence-corrected chi connectivity index (χ3v) is 3.87. The van der Waals surface area contributed by atoms with E-state index in [9.17, 15) is 9.18 Å². The molecule has 0 saturated carbocycles. The number of hydrogen-bond acceptors (Lipinski definition) is 1. The number of nitrogens with one attached hydrogen (secondary N) is 3. The maximum atomic E-state index is 13.6. The fourth-order valence-electron chi connectivity index (χ4n) is 2.42. The fourth-order valence-corrected chi connectivity index (χ4v) is 2.63. The summed E-state index contributed by atoms with van der Waals surface area (Å²) in [6.07, 6.45) is 2.60. The Morgan fingerprint density at radius 1 is 1.17 bits per heavy atom. The van der Waals surface area contributed by atoms with Gasteiger partial charge in [-0.15, -0.1) is 0 Å². The molecule has 0 spiro atoms. The Kier molecular flexibility index (Phi) is 4.48. The molecule has 0 unspecified atom stereocenters. The highest BCUT2D eigenvalue weighted by atomic mass is 35.5. The Balaban J connectivity index is 1.57. The van der Waals surface area contributed by atoms with Gasteiger partial charge in [0.2, 0.25) is 0 Å². The van der Waals surface area contributed by atoms with Crippen molar-refractivity contribution in [3.8, 4) is 0 Å². The number of amides is 2. The van der Waals surface area contributed by atoms with E-state index in [0.717, 1.165) is 16.5 Å². The van der Waals surface area contributed by atoms with E-state index in [1.807, 2.05) is 30.5 Å². The van der Waals surface area contributed by atoms with Crippen molar-refractivity contribution in [2.75, 3.05) is 11.9 Å². The standard InChI is InChI=1S/C17H15ClFN3O/c18-13-5-3-6-14(19)16(13)22-17(23)20-9-8-11-10-21-15-7-2-1-4-12(11)15/h1-7,10,21H,8-9H2,(H2,20,22,23). The first-order valence-electron chi connectivity index (χ1n) is 7.19. The van der Waals surface area contributed by atoms with Crippen molar-refractivity contribution in [2.45, 2.75) is 6.42 Å². The van der Waals surface area contributed by atoms with Crippen LogP contribution in [0.3, 0.4) is 0 Å². The van der Waals surface area contributed by atoms with Crippen molar-refractivity contribution in [1.82, 2.24) is 10.3 Å². The molecule has 2 amide bonds. The molecule has 0 aliphatic heterocycles. The highest BCUT2D eigenvalue weighted by molar-refractivity contribution is 6.33. The number of benzene rings is 2. The number of rotatable bonds is 4. The third kappa shape index (κ3) is 3.46. The molecular weight excluding hydrogens is 317 g/mol. The number of carbonyl (C=O) groups is 1. The minimum absolute atomic E-state index is 0.0150. The van der Waals surface area contributed by atoms with Crippen LogP contribution >= 0.6 is 11.6 Å². The van der Waals surface area contributed by atoms with Gasteiger partial charge >= 0.3 is 6.03 Å². The van der Waals surface area contributed by atoms with Gasteiger partial charge in [-0.1, -0.05) is 35.9 Å². The summed E-state index contributed by atoms with van der Waals surface area (Å²) < 4.78 is 13.6. The molecule has 118 valence electrons. The van der Waals surface area contributed by atoms with Gasteiger partial charge in [-0.2, -0.15) is 0 Å². The van der Waals surface area contributed by atoms with E-state index < -0.39 is 11.8 Å².